The molecule has 2 aromatic heterocycles. The summed E-state index contributed by atoms with van der Waals surface area (Å²) >= 11 is 1.28. The van der Waals surface area contributed by atoms with Crippen LogP contribution in [0.5, 0.6) is 0 Å². The molecule has 0 bridgehead atoms. The number of aliphatic hydroxyl groups excluding tert-OH is 1. The number of benzene rings is 1. The number of Topliss-reactive ketones (excluding diaryl/α,β-unsaturated/α-hetero) is 1. The molecular weight excluding hydrogens is 372 g/mol. The molecule has 3 aromatic rings. The van der Waals surface area contributed by atoms with Crippen LogP contribution in [0.4, 0.5) is 5.69 Å². The quantitative estimate of drug-likeness (QED) is 0.664. The Bertz CT molecular complexity index is 1090. The van der Waals surface area contributed by atoms with Crippen LogP contribution in [0, 0.1) is 13.8 Å². The number of carbonyl (C=O) groups excluding carboxylic acids is 2. The number of carbonyl (C=O) groups is 2. The summed E-state index contributed by atoms with van der Waals surface area (Å²) in [5.74, 6) is -1.43. The molecule has 1 atom stereocenters. The van der Waals surface area contributed by atoms with Gasteiger partial charge in [-0.15, -0.1) is 11.3 Å². The van der Waals surface area contributed by atoms with Crippen molar-refractivity contribution in [2.24, 2.45) is 0 Å². The van der Waals surface area contributed by atoms with E-state index in [9.17, 15) is 14.7 Å². The lowest BCUT2D eigenvalue weighted by Gasteiger charge is -2.28. The Balaban J connectivity index is 1.92. The number of rotatable bonds is 4. The molecule has 0 spiro atoms. The first-order chi connectivity index (χ1) is 13.5. The average molecular weight is 390 g/mol. The number of nitrogens with zero attached hydrogens (tertiary/aromatic N) is 2. The summed E-state index contributed by atoms with van der Waals surface area (Å²) in [6.07, 6.45) is 3.25. The van der Waals surface area contributed by atoms with Gasteiger partial charge in [0.15, 0.2) is 5.76 Å². The molecule has 0 saturated heterocycles. The average Bonchev–Trinajstić information content (AvgIpc) is 3.32. The third-order valence-electron chi connectivity index (χ3n) is 4.82. The fourth-order valence-corrected chi connectivity index (χ4v) is 4.14. The van der Waals surface area contributed by atoms with E-state index < -0.39 is 17.7 Å². The minimum atomic E-state index is -0.740. The van der Waals surface area contributed by atoms with E-state index in [-0.39, 0.29) is 11.4 Å². The Kier molecular flexibility index (Phi) is 4.57. The van der Waals surface area contributed by atoms with Gasteiger partial charge in [-0.2, -0.15) is 0 Å². The lowest BCUT2D eigenvalue weighted by molar-refractivity contribution is -0.117. The van der Waals surface area contributed by atoms with Crippen molar-refractivity contribution < 1.29 is 14.7 Å². The maximum atomic E-state index is 13.2. The molecule has 5 nitrogen and oxygen atoms in total. The molecule has 0 radical (unpaired) electrons. The number of aliphatic hydroxyl groups is 1. The van der Waals surface area contributed by atoms with Crippen LogP contribution >= 0.6 is 11.3 Å². The summed E-state index contributed by atoms with van der Waals surface area (Å²) < 4.78 is 0. The monoisotopic (exact) mass is 390 g/mol. The van der Waals surface area contributed by atoms with E-state index in [2.05, 4.69) is 4.98 Å². The van der Waals surface area contributed by atoms with Gasteiger partial charge in [0.05, 0.1) is 16.5 Å². The molecule has 1 unspecified atom stereocenters. The van der Waals surface area contributed by atoms with E-state index in [1.807, 2.05) is 38.1 Å². The fourth-order valence-electron chi connectivity index (χ4n) is 3.46. The van der Waals surface area contributed by atoms with Crippen molar-refractivity contribution in [3.05, 3.63) is 93.1 Å². The van der Waals surface area contributed by atoms with Crippen molar-refractivity contribution in [3.63, 3.8) is 0 Å². The lowest BCUT2D eigenvalue weighted by atomic mass is 9.96. The number of aryl methyl sites for hydroxylation is 2. The van der Waals surface area contributed by atoms with Crippen LogP contribution in [-0.2, 0) is 4.79 Å². The lowest BCUT2D eigenvalue weighted by Crippen LogP contribution is -2.31. The van der Waals surface area contributed by atoms with Crippen molar-refractivity contribution in [3.8, 4) is 0 Å². The largest absolute Gasteiger partial charge is 0.503 e. The zero-order valence-electron chi connectivity index (χ0n) is 15.4. The molecule has 1 N–H and O–H groups in total. The molecule has 6 heteroatoms. The van der Waals surface area contributed by atoms with Crippen molar-refractivity contribution in [1.29, 1.82) is 0 Å². The third-order valence-corrected chi connectivity index (χ3v) is 5.69. The van der Waals surface area contributed by atoms with Crippen molar-refractivity contribution in [2.75, 3.05) is 4.90 Å². The molecule has 0 saturated carbocycles. The molecular formula is C22H18N2O3S. The molecule has 1 aromatic carbocycles. The summed E-state index contributed by atoms with van der Waals surface area (Å²) in [6.45, 7) is 3.84. The molecule has 0 fully saturated rings. The van der Waals surface area contributed by atoms with Crippen LogP contribution in [0.3, 0.4) is 0 Å². The molecule has 4 rings (SSSR count). The van der Waals surface area contributed by atoms with Gasteiger partial charge in [0.2, 0.25) is 5.78 Å². The third kappa shape index (κ3) is 2.92. The number of amides is 1. The number of hydrogen-bond acceptors (Lipinski definition) is 5. The van der Waals surface area contributed by atoms with Gasteiger partial charge in [-0.25, -0.2) is 0 Å². The van der Waals surface area contributed by atoms with E-state index in [1.165, 1.54) is 16.2 Å². The first-order valence-corrected chi connectivity index (χ1v) is 9.69. The Hall–Kier alpha value is -3.25. The van der Waals surface area contributed by atoms with Crippen molar-refractivity contribution in [2.45, 2.75) is 19.9 Å². The number of pyridine rings is 1. The number of anilines is 1. The highest BCUT2D eigenvalue weighted by atomic mass is 32.1. The first kappa shape index (κ1) is 18.1. The van der Waals surface area contributed by atoms with Crippen molar-refractivity contribution >= 4 is 28.7 Å². The second-order valence-electron chi connectivity index (χ2n) is 6.72. The van der Waals surface area contributed by atoms with E-state index in [4.69, 9.17) is 0 Å². The molecule has 140 valence electrons. The predicted molar refractivity (Wildman–Crippen MR) is 109 cm³/mol. The Morgan fingerprint density at radius 2 is 2.00 bits per heavy atom. The minimum absolute atomic E-state index is 0.0846. The van der Waals surface area contributed by atoms with Gasteiger partial charge in [-0.3, -0.25) is 19.5 Å². The number of hydrogen-bond donors (Lipinski definition) is 1. The Morgan fingerprint density at radius 3 is 2.68 bits per heavy atom. The van der Waals surface area contributed by atoms with Gasteiger partial charge in [-0.1, -0.05) is 24.3 Å². The summed E-state index contributed by atoms with van der Waals surface area (Å²) in [7, 11) is 0. The topological polar surface area (TPSA) is 70.5 Å². The predicted octanol–water partition coefficient (Wildman–Crippen LogP) is 4.54. The fraction of sp³-hybridized carbons (Fsp3) is 0.136. The van der Waals surface area contributed by atoms with Gasteiger partial charge in [0, 0.05) is 18.1 Å². The van der Waals surface area contributed by atoms with Crippen LogP contribution in [0.15, 0.2) is 71.6 Å². The summed E-state index contributed by atoms with van der Waals surface area (Å²) in [5.41, 5.74) is 3.28. The van der Waals surface area contributed by atoms with Gasteiger partial charge >= 0.3 is 0 Å². The van der Waals surface area contributed by atoms with E-state index in [1.54, 1.807) is 36.0 Å². The van der Waals surface area contributed by atoms with Crippen LogP contribution in [-0.4, -0.2) is 21.8 Å². The normalized spacial score (nSPS) is 16.7. The standard InChI is InChI=1S/C22H18N2O3S/c1-13-7-8-14(2)16(11-13)24-19(15-5-3-9-23-12-15)18(21(26)22(24)27)20(25)17-6-4-10-28-17/h3-12,19,26H,1-2H3. The summed E-state index contributed by atoms with van der Waals surface area (Å²) in [6, 6.07) is 12.1. The van der Waals surface area contributed by atoms with Crippen molar-refractivity contribution in [1.82, 2.24) is 4.98 Å². The Morgan fingerprint density at radius 1 is 1.18 bits per heavy atom. The van der Waals surface area contributed by atoms with Gasteiger partial charge in [-0.05, 0) is 54.1 Å². The molecule has 1 aliphatic heterocycles. The number of aromatic nitrogens is 1. The van der Waals surface area contributed by atoms with Gasteiger partial charge in [0.1, 0.15) is 0 Å². The molecule has 1 amide bonds. The molecule has 0 aliphatic carbocycles. The first-order valence-electron chi connectivity index (χ1n) is 8.81. The number of thiophene rings is 1. The molecule has 1 aliphatic rings. The molecule has 3 heterocycles. The maximum Gasteiger partial charge on any atom is 0.294 e. The summed E-state index contributed by atoms with van der Waals surface area (Å²) in [5, 5.41) is 12.5. The highest BCUT2D eigenvalue weighted by molar-refractivity contribution is 7.12. The zero-order valence-corrected chi connectivity index (χ0v) is 16.2. The van der Waals surface area contributed by atoms with Crippen LogP contribution in [0.2, 0.25) is 0 Å². The highest BCUT2D eigenvalue weighted by Gasteiger charge is 2.45. The van der Waals surface area contributed by atoms with E-state index in [0.717, 1.165) is 11.1 Å². The maximum absolute atomic E-state index is 13.2. The Labute approximate surface area is 166 Å². The van der Waals surface area contributed by atoms with Gasteiger partial charge in [0.25, 0.3) is 5.91 Å². The number of ketones is 1. The van der Waals surface area contributed by atoms with Crippen LogP contribution in [0.25, 0.3) is 0 Å². The van der Waals surface area contributed by atoms with E-state index in [0.29, 0.717) is 16.1 Å². The SMILES string of the molecule is Cc1ccc(C)c(N2C(=O)C(O)=C(C(=O)c3cccs3)C2c2cccnc2)c1. The zero-order chi connectivity index (χ0) is 19.8. The van der Waals surface area contributed by atoms with Crippen LogP contribution < -0.4 is 4.90 Å². The second kappa shape index (κ2) is 7.05. The smallest absolute Gasteiger partial charge is 0.294 e. The highest BCUT2D eigenvalue weighted by Crippen LogP contribution is 2.43. The molecule has 28 heavy (non-hydrogen) atoms. The van der Waals surface area contributed by atoms with Crippen LogP contribution in [0.1, 0.15) is 32.4 Å². The van der Waals surface area contributed by atoms with Gasteiger partial charge < -0.3 is 5.11 Å². The van der Waals surface area contributed by atoms with E-state index >= 15 is 0 Å². The summed E-state index contributed by atoms with van der Waals surface area (Å²) in [4.78, 5) is 32.4. The second-order valence-corrected chi connectivity index (χ2v) is 7.67. The minimum Gasteiger partial charge on any atom is -0.503 e.